The molecule has 2 aromatic carbocycles. The lowest BCUT2D eigenvalue weighted by Gasteiger charge is -2.19. The molecule has 2 N–H and O–H groups in total. The van der Waals surface area contributed by atoms with Crippen molar-refractivity contribution in [1.29, 1.82) is 0 Å². The molecule has 0 saturated heterocycles. The predicted molar refractivity (Wildman–Crippen MR) is 116 cm³/mol. The summed E-state index contributed by atoms with van der Waals surface area (Å²) >= 11 is 0. The van der Waals surface area contributed by atoms with E-state index in [2.05, 4.69) is 16.3 Å². The third kappa shape index (κ3) is 6.61. The molecule has 6 nitrogen and oxygen atoms in total. The van der Waals surface area contributed by atoms with Crippen LogP contribution in [0.5, 0.6) is 5.75 Å². The zero-order valence-corrected chi connectivity index (χ0v) is 17.8. The van der Waals surface area contributed by atoms with Gasteiger partial charge in [-0.2, -0.15) is 0 Å². The quantitative estimate of drug-likeness (QED) is 0.152. The number of para-hydroxylation sites is 1. The summed E-state index contributed by atoms with van der Waals surface area (Å²) in [6.07, 6.45) is 3.37. The number of ether oxygens (including phenoxy) is 1. The maximum absolute atomic E-state index is 10.5. The normalized spacial score (nSPS) is 11.6. The standard InChI is InChI=1S/C23H31N3O3/c1-18-15-19(2)23(29-14-13-25(4)12-8-11-24-17-27)20(3)22(18)16-26(28)21-9-6-5-7-10-21/h5-7,9-10,15-17H,8,11-14H2,1-4H3,(H-,24,27,28)/p+1/b26-16-. The van der Waals surface area contributed by atoms with Crippen molar-refractivity contribution in [3.8, 4) is 5.75 Å². The van der Waals surface area contributed by atoms with Crippen LogP contribution in [-0.4, -0.2) is 60.8 Å². The summed E-state index contributed by atoms with van der Waals surface area (Å²) in [6, 6.07) is 11.5. The minimum atomic E-state index is 0.573. The van der Waals surface area contributed by atoms with E-state index in [-0.39, 0.29) is 0 Å². The summed E-state index contributed by atoms with van der Waals surface area (Å²) in [6.45, 7) is 9.05. The van der Waals surface area contributed by atoms with Crippen molar-refractivity contribution in [2.24, 2.45) is 0 Å². The highest BCUT2D eigenvalue weighted by atomic mass is 16.5. The third-order valence-corrected chi connectivity index (χ3v) is 4.90. The fourth-order valence-electron chi connectivity index (χ4n) is 3.31. The highest BCUT2D eigenvalue weighted by Crippen LogP contribution is 2.28. The second-order valence-corrected chi connectivity index (χ2v) is 7.26. The second-order valence-electron chi connectivity index (χ2n) is 7.26. The molecular formula is C23H32N3O3+. The van der Waals surface area contributed by atoms with Crippen LogP contribution in [0.3, 0.4) is 0 Å². The van der Waals surface area contributed by atoms with E-state index in [4.69, 9.17) is 4.74 Å². The van der Waals surface area contributed by atoms with E-state index in [1.807, 2.05) is 58.2 Å². The Morgan fingerprint density at radius 3 is 2.55 bits per heavy atom. The molecule has 2 aromatic rings. The molecule has 0 radical (unpaired) electrons. The number of rotatable bonds is 11. The number of hydrogen-bond donors (Lipinski definition) is 2. The van der Waals surface area contributed by atoms with Crippen molar-refractivity contribution in [3.05, 3.63) is 58.7 Å². The molecule has 156 valence electrons. The summed E-state index contributed by atoms with van der Waals surface area (Å²) in [5, 5.41) is 13.1. The smallest absolute Gasteiger partial charge is 0.257 e. The monoisotopic (exact) mass is 398 g/mol. The minimum Gasteiger partial charge on any atom is -0.492 e. The summed E-state index contributed by atoms with van der Waals surface area (Å²) in [4.78, 5) is 12.5. The van der Waals surface area contributed by atoms with Gasteiger partial charge in [0.1, 0.15) is 12.4 Å². The Labute approximate surface area is 173 Å². The molecule has 0 fully saturated rings. The topological polar surface area (TPSA) is 64.8 Å². The van der Waals surface area contributed by atoms with Crippen LogP contribution in [-0.2, 0) is 4.79 Å². The average Bonchev–Trinajstić information content (AvgIpc) is 2.71. The van der Waals surface area contributed by atoms with E-state index in [9.17, 15) is 10.0 Å². The number of nitrogens with one attached hydrogen (secondary N) is 1. The average molecular weight is 399 g/mol. The first-order valence-corrected chi connectivity index (χ1v) is 9.91. The summed E-state index contributed by atoms with van der Waals surface area (Å²) in [7, 11) is 2.04. The van der Waals surface area contributed by atoms with E-state index < -0.39 is 0 Å². The largest absolute Gasteiger partial charge is 0.492 e. The van der Waals surface area contributed by atoms with E-state index in [1.165, 1.54) is 0 Å². The Balaban J connectivity index is 2.08. The zero-order chi connectivity index (χ0) is 21.2. The molecule has 0 aliphatic heterocycles. The number of carbonyl (C=O) groups is 1. The summed E-state index contributed by atoms with van der Waals surface area (Å²) in [5.74, 6) is 0.860. The van der Waals surface area contributed by atoms with Gasteiger partial charge in [-0.3, -0.25) is 10.0 Å². The van der Waals surface area contributed by atoms with Crippen LogP contribution in [0.4, 0.5) is 5.69 Å². The van der Waals surface area contributed by atoms with Crippen LogP contribution in [0.2, 0.25) is 0 Å². The molecule has 0 atom stereocenters. The Bertz CT molecular complexity index is 835. The number of benzene rings is 2. The molecule has 2 rings (SSSR count). The lowest BCUT2D eigenvalue weighted by atomic mass is 9.99. The summed E-state index contributed by atoms with van der Waals surface area (Å²) < 4.78 is 7.26. The Morgan fingerprint density at radius 2 is 1.86 bits per heavy atom. The third-order valence-electron chi connectivity index (χ3n) is 4.90. The van der Waals surface area contributed by atoms with Gasteiger partial charge in [0, 0.05) is 35.5 Å². The van der Waals surface area contributed by atoms with Crippen LogP contribution in [0, 0.1) is 20.8 Å². The van der Waals surface area contributed by atoms with Gasteiger partial charge in [0.2, 0.25) is 12.6 Å². The molecule has 0 aromatic heterocycles. The number of carbonyl (C=O) groups excluding carboxylic acids is 1. The molecule has 0 bridgehead atoms. The van der Waals surface area contributed by atoms with Gasteiger partial charge < -0.3 is 15.0 Å². The molecule has 0 unspecified atom stereocenters. The molecule has 0 heterocycles. The van der Waals surface area contributed by atoms with E-state index in [1.54, 1.807) is 6.21 Å². The van der Waals surface area contributed by atoms with Crippen molar-refractivity contribution in [2.45, 2.75) is 27.2 Å². The van der Waals surface area contributed by atoms with Crippen LogP contribution in [0.1, 0.15) is 28.7 Å². The highest BCUT2D eigenvalue weighted by molar-refractivity contribution is 5.82. The molecule has 0 aliphatic rings. The van der Waals surface area contributed by atoms with E-state index >= 15 is 0 Å². The maximum Gasteiger partial charge on any atom is 0.257 e. The molecule has 0 saturated carbocycles. The van der Waals surface area contributed by atoms with Gasteiger partial charge in [-0.15, -0.1) is 0 Å². The first-order chi connectivity index (χ1) is 13.9. The van der Waals surface area contributed by atoms with Crippen LogP contribution in [0.15, 0.2) is 36.4 Å². The van der Waals surface area contributed by atoms with Gasteiger partial charge in [0.15, 0.2) is 0 Å². The van der Waals surface area contributed by atoms with Crippen LogP contribution >= 0.6 is 0 Å². The second kappa shape index (κ2) is 11.2. The fraction of sp³-hybridized carbons (Fsp3) is 0.391. The van der Waals surface area contributed by atoms with Crippen molar-refractivity contribution in [1.82, 2.24) is 10.2 Å². The van der Waals surface area contributed by atoms with Gasteiger partial charge in [0.25, 0.3) is 5.69 Å². The zero-order valence-electron chi connectivity index (χ0n) is 17.8. The van der Waals surface area contributed by atoms with E-state index in [0.717, 1.165) is 58.7 Å². The van der Waals surface area contributed by atoms with Crippen molar-refractivity contribution in [3.63, 3.8) is 0 Å². The van der Waals surface area contributed by atoms with Crippen molar-refractivity contribution < 1.29 is 19.5 Å². The van der Waals surface area contributed by atoms with Crippen molar-refractivity contribution in [2.75, 3.05) is 33.3 Å². The molecule has 29 heavy (non-hydrogen) atoms. The molecule has 0 spiro atoms. The lowest BCUT2D eigenvalue weighted by molar-refractivity contribution is -0.709. The fourth-order valence-corrected chi connectivity index (χ4v) is 3.31. The van der Waals surface area contributed by atoms with Gasteiger partial charge in [0.05, 0.1) is 5.56 Å². The minimum absolute atomic E-state index is 0.573. The first kappa shape index (κ1) is 22.4. The van der Waals surface area contributed by atoms with Gasteiger partial charge in [-0.05, 0) is 51.9 Å². The Hall–Kier alpha value is -2.86. The number of nitrogens with zero attached hydrogens (tertiary/aromatic N) is 2. The molecule has 6 heteroatoms. The maximum atomic E-state index is 10.5. The number of aryl methyl sites for hydroxylation is 2. The SMILES string of the molecule is Cc1cc(C)c(OCCN(C)CCCNC=O)c(C)c1/C=[N+](\O)c1ccccc1. The lowest BCUT2D eigenvalue weighted by Crippen LogP contribution is -2.27. The van der Waals surface area contributed by atoms with Crippen LogP contribution < -0.4 is 10.1 Å². The Kier molecular flexibility index (Phi) is 8.68. The van der Waals surface area contributed by atoms with E-state index in [0.29, 0.717) is 18.8 Å². The molecule has 1 amide bonds. The van der Waals surface area contributed by atoms with Gasteiger partial charge >= 0.3 is 0 Å². The predicted octanol–water partition coefficient (Wildman–Crippen LogP) is 3.21. The van der Waals surface area contributed by atoms with Gasteiger partial charge in [-0.1, -0.05) is 24.3 Å². The molecule has 0 aliphatic carbocycles. The number of hydrogen-bond acceptors (Lipinski definition) is 4. The van der Waals surface area contributed by atoms with Crippen molar-refractivity contribution >= 4 is 18.3 Å². The molecular weight excluding hydrogens is 366 g/mol. The first-order valence-electron chi connectivity index (χ1n) is 9.91. The number of amides is 1. The summed E-state index contributed by atoms with van der Waals surface area (Å²) in [5.41, 5.74) is 4.84. The van der Waals surface area contributed by atoms with Gasteiger partial charge in [-0.25, -0.2) is 0 Å². The Morgan fingerprint density at radius 1 is 1.14 bits per heavy atom. The highest BCUT2D eigenvalue weighted by Gasteiger charge is 2.16. The number of likely N-dealkylation sites (N-methyl/N-ethyl adjacent to an activating group) is 1. The van der Waals surface area contributed by atoms with Crippen LogP contribution in [0.25, 0.3) is 0 Å².